The number of carbonyl (C=O) groups excluding carboxylic acids is 1. The highest BCUT2D eigenvalue weighted by atomic mass is 16.2. The first kappa shape index (κ1) is 13.6. The van der Waals surface area contributed by atoms with Crippen LogP contribution in [-0.4, -0.2) is 29.9 Å². The highest BCUT2D eigenvalue weighted by Gasteiger charge is 2.21. The van der Waals surface area contributed by atoms with Crippen LogP contribution < -0.4 is 5.32 Å². The van der Waals surface area contributed by atoms with E-state index in [0.29, 0.717) is 12.0 Å². The molecule has 0 aliphatic carbocycles. The zero-order chi connectivity index (χ0) is 13.7. The summed E-state index contributed by atoms with van der Waals surface area (Å²) in [5.74, 6) is 0.270. The first-order chi connectivity index (χ1) is 9.19. The summed E-state index contributed by atoms with van der Waals surface area (Å²) in [4.78, 5) is 13.4. The molecule has 1 heterocycles. The van der Waals surface area contributed by atoms with Crippen LogP contribution >= 0.6 is 0 Å². The van der Waals surface area contributed by atoms with Crippen LogP contribution in [0, 0.1) is 11.3 Å². The number of nitrogens with zero attached hydrogens (tertiary/aromatic N) is 2. The van der Waals surface area contributed by atoms with Crippen LogP contribution in [0.1, 0.15) is 30.9 Å². The summed E-state index contributed by atoms with van der Waals surface area (Å²) in [6.45, 7) is 4.51. The van der Waals surface area contributed by atoms with Crippen LogP contribution in [0.25, 0.3) is 0 Å². The van der Waals surface area contributed by atoms with Crippen molar-refractivity contribution in [2.75, 3.05) is 13.1 Å². The third kappa shape index (κ3) is 3.80. The summed E-state index contributed by atoms with van der Waals surface area (Å²) in [7, 11) is 0. The maximum Gasteiger partial charge on any atom is 0.222 e. The van der Waals surface area contributed by atoms with Gasteiger partial charge in [-0.25, -0.2) is 0 Å². The van der Waals surface area contributed by atoms with Gasteiger partial charge in [-0.2, -0.15) is 5.26 Å². The summed E-state index contributed by atoms with van der Waals surface area (Å²) >= 11 is 0. The van der Waals surface area contributed by atoms with Gasteiger partial charge in [0, 0.05) is 32.1 Å². The molecule has 0 aromatic heterocycles. The highest BCUT2D eigenvalue weighted by Crippen LogP contribution is 2.10. The molecule has 4 heteroatoms. The molecule has 0 unspecified atom stereocenters. The Kier molecular flexibility index (Phi) is 4.53. The van der Waals surface area contributed by atoms with Crippen LogP contribution in [-0.2, 0) is 11.3 Å². The Bertz CT molecular complexity index is 475. The van der Waals surface area contributed by atoms with E-state index in [1.165, 1.54) is 0 Å². The van der Waals surface area contributed by atoms with Crippen molar-refractivity contribution in [1.29, 1.82) is 5.26 Å². The van der Waals surface area contributed by atoms with Gasteiger partial charge < -0.3 is 10.2 Å². The average molecular weight is 257 g/mol. The Morgan fingerprint density at radius 2 is 2.16 bits per heavy atom. The Labute approximate surface area is 114 Å². The summed E-state index contributed by atoms with van der Waals surface area (Å²) in [6.07, 6.45) is 1.68. The van der Waals surface area contributed by atoms with E-state index in [-0.39, 0.29) is 11.9 Å². The van der Waals surface area contributed by atoms with Crippen molar-refractivity contribution < 1.29 is 4.79 Å². The van der Waals surface area contributed by atoms with Gasteiger partial charge in [0.25, 0.3) is 0 Å². The number of nitrogens with one attached hydrogen (secondary N) is 1. The largest absolute Gasteiger partial charge is 0.341 e. The minimum absolute atomic E-state index is 0.270. The molecule has 0 radical (unpaired) electrons. The van der Waals surface area contributed by atoms with Gasteiger partial charge in [-0.05, 0) is 31.0 Å². The molecule has 0 bridgehead atoms. The topological polar surface area (TPSA) is 56.1 Å². The molecule has 1 aliphatic rings. The zero-order valence-electron chi connectivity index (χ0n) is 11.2. The quantitative estimate of drug-likeness (QED) is 0.872. The summed E-state index contributed by atoms with van der Waals surface area (Å²) in [6, 6.07) is 9.95. The second kappa shape index (κ2) is 6.35. The zero-order valence-corrected chi connectivity index (χ0v) is 11.2. The number of nitriles is 1. The van der Waals surface area contributed by atoms with Crippen LogP contribution in [0.15, 0.2) is 24.3 Å². The van der Waals surface area contributed by atoms with Crippen molar-refractivity contribution in [3.05, 3.63) is 35.4 Å². The lowest BCUT2D eigenvalue weighted by atomic mass is 10.1. The maximum absolute atomic E-state index is 11.5. The SMILES string of the molecule is C[C@H](CN1CCCC1=O)NCc1ccc(C#N)cc1. The monoisotopic (exact) mass is 257 g/mol. The molecule has 1 aromatic rings. The van der Waals surface area contributed by atoms with Crippen molar-refractivity contribution in [2.24, 2.45) is 0 Å². The minimum atomic E-state index is 0.270. The number of hydrogen-bond donors (Lipinski definition) is 1. The Morgan fingerprint density at radius 3 is 2.74 bits per heavy atom. The summed E-state index contributed by atoms with van der Waals surface area (Å²) < 4.78 is 0. The Morgan fingerprint density at radius 1 is 1.42 bits per heavy atom. The van der Waals surface area contributed by atoms with Crippen LogP contribution in [0.3, 0.4) is 0 Å². The first-order valence-electron chi connectivity index (χ1n) is 6.69. The van der Waals surface area contributed by atoms with E-state index < -0.39 is 0 Å². The van der Waals surface area contributed by atoms with Gasteiger partial charge in [0.2, 0.25) is 5.91 Å². The molecule has 100 valence electrons. The third-order valence-corrected chi connectivity index (χ3v) is 3.40. The molecule has 1 N–H and O–H groups in total. The van der Waals surface area contributed by atoms with E-state index in [4.69, 9.17) is 5.26 Å². The van der Waals surface area contributed by atoms with Crippen molar-refractivity contribution in [3.8, 4) is 6.07 Å². The molecular formula is C15H19N3O. The number of amides is 1. The molecule has 1 aliphatic heterocycles. The van der Waals surface area contributed by atoms with Gasteiger partial charge >= 0.3 is 0 Å². The molecule has 1 aromatic carbocycles. The Hall–Kier alpha value is -1.86. The van der Waals surface area contributed by atoms with E-state index >= 15 is 0 Å². The standard InChI is InChI=1S/C15H19N3O/c1-12(11-18-8-2-3-15(18)19)17-10-14-6-4-13(9-16)5-7-14/h4-7,12,17H,2-3,8,10-11H2,1H3/t12-/m1/s1. The smallest absolute Gasteiger partial charge is 0.222 e. The number of hydrogen-bond acceptors (Lipinski definition) is 3. The number of benzene rings is 1. The highest BCUT2D eigenvalue weighted by molar-refractivity contribution is 5.78. The number of carbonyl (C=O) groups is 1. The lowest BCUT2D eigenvalue weighted by Gasteiger charge is -2.21. The molecule has 1 fully saturated rings. The molecule has 1 atom stereocenters. The molecule has 0 saturated carbocycles. The molecule has 0 spiro atoms. The minimum Gasteiger partial charge on any atom is -0.341 e. The molecular weight excluding hydrogens is 238 g/mol. The first-order valence-corrected chi connectivity index (χ1v) is 6.69. The molecule has 4 nitrogen and oxygen atoms in total. The van der Waals surface area contributed by atoms with E-state index in [9.17, 15) is 4.79 Å². The Balaban J connectivity index is 1.78. The van der Waals surface area contributed by atoms with E-state index in [0.717, 1.165) is 31.6 Å². The summed E-state index contributed by atoms with van der Waals surface area (Å²) in [5.41, 5.74) is 1.83. The van der Waals surface area contributed by atoms with Crippen molar-refractivity contribution in [2.45, 2.75) is 32.4 Å². The maximum atomic E-state index is 11.5. The van der Waals surface area contributed by atoms with Crippen LogP contribution in [0.5, 0.6) is 0 Å². The van der Waals surface area contributed by atoms with Crippen LogP contribution in [0.4, 0.5) is 0 Å². The van der Waals surface area contributed by atoms with E-state index in [2.05, 4.69) is 18.3 Å². The predicted molar refractivity (Wildman–Crippen MR) is 73.3 cm³/mol. The fourth-order valence-corrected chi connectivity index (χ4v) is 2.28. The van der Waals surface area contributed by atoms with Crippen molar-refractivity contribution in [1.82, 2.24) is 10.2 Å². The van der Waals surface area contributed by atoms with Gasteiger partial charge in [0.05, 0.1) is 11.6 Å². The number of likely N-dealkylation sites (tertiary alicyclic amines) is 1. The van der Waals surface area contributed by atoms with Gasteiger partial charge in [-0.3, -0.25) is 4.79 Å². The van der Waals surface area contributed by atoms with Gasteiger partial charge in [0.15, 0.2) is 0 Å². The fraction of sp³-hybridized carbons (Fsp3) is 0.467. The normalized spacial score (nSPS) is 16.4. The second-order valence-electron chi connectivity index (χ2n) is 5.03. The number of rotatable bonds is 5. The lowest BCUT2D eigenvalue weighted by molar-refractivity contribution is -0.127. The van der Waals surface area contributed by atoms with Crippen molar-refractivity contribution >= 4 is 5.91 Å². The molecule has 2 rings (SSSR count). The van der Waals surface area contributed by atoms with E-state index in [1.807, 2.05) is 29.2 Å². The lowest BCUT2D eigenvalue weighted by Crippen LogP contribution is -2.39. The van der Waals surface area contributed by atoms with Gasteiger partial charge in [-0.1, -0.05) is 12.1 Å². The molecule has 1 saturated heterocycles. The fourth-order valence-electron chi connectivity index (χ4n) is 2.28. The third-order valence-electron chi connectivity index (χ3n) is 3.40. The van der Waals surface area contributed by atoms with Crippen LogP contribution in [0.2, 0.25) is 0 Å². The van der Waals surface area contributed by atoms with Gasteiger partial charge in [-0.15, -0.1) is 0 Å². The molecule has 1 amide bonds. The predicted octanol–water partition coefficient (Wildman–Crippen LogP) is 1.66. The second-order valence-corrected chi connectivity index (χ2v) is 5.03. The average Bonchev–Trinajstić information content (AvgIpc) is 2.82. The van der Waals surface area contributed by atoms with Gasteiger partial charge in [0.1, 0.15) is 0 Å². The molecule has 19 heavy (non-hydrogen) atoms. The van der Waals surface area contributed by atoms with Crippen molar-refractivity contribution in [3.63, 3.8) is 0 Å². The van der Waals surface area contributed by atoms with E-state index in [1.54, 1.807) is 0 Å². The summed E-state index contributed by atoms with van der Waals surface area (Å²) in [5, 5.41) is 12.1.